The summed E-state index contributed by atoms with van der Waals surface area (Å²) in [5.41, 5.74) is -0.833. The minimum Gasteiger partial charge on any atom is -0.420 e. The number of carbonyl (C=O) groups excluding carboxylic acids is 1. The van der Waals surface area contributed by atoms with Gasteiger partial charge >= 0.3 is 5.97 Å². The van der Waals surface area contributed by atoms with Gasteiger partial charge in [0.15, 0.2) is 8.32 Å². The molecule has 0 aromatic heterocycles. The number of rotatable bonds is 4. The van der Waals surface area contributed by atoms with Crippen molar-refractivity contribution in [3.05, 3.63) is 29.1 Å². The fourth-order valence-electron chi connectivity index (χ4n) is 4.49. The third-order valence-electron chi connectivity index (χ3n) is 7.33. The van der Waals surface area contributed by atoms with Crippen LogP contribution in [0.1, 0.15) is 59.3 Å². The number of hydrogen-bond donors (Lipinski definition) is 0. The van der Waals surface area contributed by atoms with E-state index in [1.807, 2.05) is 0 Å². The number of carbonyl (C=O) groups is 1. The van der Waals surface area contributed by atoms with Gasteiger partial charge in [0.1, 0.15) is 0 Å². The van der Waals surface area contributed by atoms with E-state index in [9.17, 15) is 26.7 Å². The van der Waals surface area contributed by atoms with Crippen LogP contribution < -0.4 is 4.74 Å². The van der Waals surface area contributed by atoms with Crippen LogP contribution in [0, 0.1) is 40.9 Å². The Morgan fingerprint density at radius 2 is 1.48 bits per heavy atom. The summed E-state index contributed by atoms with van der Waals surface area (Å²) in [6.07, 6.45) is 4.67. The first-order valence-corrected chi connectivity index (χ1v) is 13.6. The Balaban J connectivity index is 1.94. The Bertz CT molecular complexity index is 854. The van der Waals surface area contributed by atoms with Gasteiger partial charge in [-0.15, -0.1) is 0 Å². The van der Waals surface area contributed by atoms with E-state index in [4.69, 9.17) is 9.16 Å². The highest BCUT2D eigenvalue weighted by atomic mass is 28.4. The summed E-state index contributed by atoms with van der Waals surface area (Å²) < 4.78 is 80.0. The molecule has 1 aromatic carbocycles. The Morgan fingerprint density at radius 3 is 2.03 bits per heavy atom. The van der Waals surface area contributed by atoms with Crippen molar-refractivity contribution in [1.82, 2.24) is 0 Å². The van der Waals surface area contributed by atoms with Crippen LogP contribution in [0.25, 0.3) is 0 Å². The summed E-state index contributed by atoms with van der Waals surface area (Å²) in [4.78, 5) is 13.0. The second kappa shape index (κ2) is 8.14. The van der Waals surface area contributed by atoms with E-state index in [-0.39, 0.29) is 11.0 Å². The van der Waals surface area contributed by atoms with Crippen molar-refractivity contribution in [2.45, 2.75) is 83.0 Å². The highest BCUT2D eigenvalue weighted by Crippen LogP contribution is 2.57. The highest BCUT2D eigenvalue weighted by Gasteiger charge is 2.62. The van der Waals surface area contributed by atoms with Crippen LogP contribution in [-0.2, 0) is 9.22 Å². The van der Waals surface area contributed by atoms with Gasteiger partial charge < -0.3 is 9.16 Å². The number of benzene rings is 1. The first kappa shape index (κ1) is 24.2. The van der Waals surface area contributed by atoms with Crippen molar-refractivity contribution >= 4 is 14.3 Å². The average Bonchev–Trinajstić information content (AvgIpc) is 2.81. The average molecular weight is 465 g/mol. The van der Waals surface area contributed by atoms with Crippen molar-refractivity contribution < 1.29 is 35.9 Å². The quantitative estimate of drug-likeness (QED) is 0.125. The van der Waals surface area contributed by atoms with Gasteiger partial charge in [0.2, 0.25) is 34.8 Å². The summed E-state index contributed by atoms with van der Waals surface area (Å²) in [6.45, 7) is 10.3. The topological polar surface area (TPSA) is 35.5 Å². The maximum Gasteiger partial charge on any atom is 0.317 e. The SMILES string of the molecule is CC(C)(C)[Si](C)(C)O[C@]12CCCCC[C@H]1C[C@H]2C(=O)Oc1c(F)c(F)c(F)c(F)c1F. The van der Waals surface area contributed by atoms with Gasteiger partial charge in [-0.1, -0.05) is 40.0 Å². The van der Waals surface area contributed by atoms with E-state index in [1.165, 1.54) is 0 Å². The Kier molecular flexibility index (Phi) is 6.34. The van der Waals surface area contributed by atoms with Gasteiger partial charge in [0, 0.05) is 0 Å². The lowest BCUT2D eigenvalue weighted by molar-refractivity contribution is -0.179. The van der Waals surface area contributed by atoms with Crippen molar-refractivity contribution in [2.75, 3.05) is 0 Å². The van der Waals surface area contributed by atoms with Crippen LogP contribution in [0.5, 0.6) is 5.75 Å². The van der Waals surface area contributed by atoms with Crippen LogP contribution >= 0.6 is 0 Å². The third kappa shape index (κ3) is 4.03. The van der Waals surface area contributed by atoms with Crippen LogP contribution in [0.4, 0.5) is 22.0 Å². The molecule has 3 rings (SSSR count). The first-order valence-electron chi connectivity index (χ1n) is 10.7. The monoisotopic (exact) mass is 464 g/mol. The van der Waals surface area contributed by atoms with Crippen molar-refractivity contribution in [3.8, 4) is 5.75 Å². The molecule has 0 saturated heterocycles. The maximum atomic E-state index is 14.0. The molecule has 2 fully saturated rings. The molecule has 0 unspecified atom stereocenters. The zero-order chi connectivity index (χ0) is 23.4. The number of hydrogen-bond acceptors (Lipinski definition) is 3. The van der Waals surface area contributed by atoms with Crippen LogP contribution in [0.3, 0.4) is 0 Å². The maximum absolute atomic E-state index is 14.0. The second-order valence-electron chi connectivity index (χ2n) is 10.2. The zero-order valence-electron chi connectivity index (χ0n) is 18.5. The summed E-state index contributed by atoms with van der Waals surface area (Å²) >= 11 is 0. The Hall–Kier alpha value is -1.48. The van der Waals surface area contributed by atoms with Crippen molar-refractivity contribution in [1.29, 1.82) is 0 Å². The van der Waals surface area contributed by atoms with Gasteiger partial charge in [0.05, 0.1) is 11.5 Å². The molecule has 174 valence electrons. The summed E-state index contributed by atoms with van der Waals surface area (Å²) in [5, 5.41) is -0.135. The molecule has 2 aliphatic carbocycles. The highest BCUT2D eigenvalue weighted by molar-refractivity contribution is 6.74. The summed E-state index contributed by atoms with van der Waals surface area (Å²) in [6, 6.07) is 0. The predicted molar refractivity (Wildman–Crippen MR) is 108 cm³/mol. The molecule has 2 aliphatic rings. The van der Waals surface area contributed by atoms with Crippen molar-refractivity contribution in [2.24, 2.45) is 11.8 Å². The summed E-state index contributed by atoms with van der Waals surface area (Å²) in [5.74, 6) is -14.2. The third-order valence-corrected chi connectivity index (χ3v) is 11.8. The fraction of sp³-hybridized carbons (Fsp3) is 0.682. The lowest BCUT2D eigenvalue weighted by Gasteiger charge is -2.58. The van der Waals surface area contributed by atoms with E-state index in [2.05, 4.69) is 33.9 Å². The molecule has 0 bridgehead atoms. The molecule has 0 aliphatic heterocycles. The molecule has 3 nitrogen and oxygen atoms in total. The first-order chi connectivity index (χ1) is 14.2. The van der Waals surface area contributed by atoms with Crippen LogP contribution in [-0.4, -0.2) is 19.9 Å². The largest absolute Gasteiger partial charge is 0.420 e. The Morgan fingerprint density at radius 1 is 0.935 bits per heavy atom. The number of halogens is 5. The van der Waals surface area contributed by atoms with Gasteiger partial charge in [-0.25, -0.2) is 13.2 Å². The molecule has 2 saturated carbocycles. The lowest BCUT2D eigenvalue weighted by atomic mass is 9.58. The number of esters is 1. The summed E-state index contributed by atoms with van der Waals surface area (Å²) in [7, 11) is -2.33. The minimum absolute atomic E-state index is 0.0954. The standard InChI is InChI=1S/C22H29F5O3Si/c1-21(2,3)31(4,5)30-22-10-8-6-7-9-12(22)11-13(22)20(28)29-19-17(26)15(24)14(23)16(25)18(19)27/h12-13H,6-11H2,1-5H3/t12-,13-,22+/m0/s1. The van der Waals surface area contributed by atoms with Gasteiger partial charge in [-0.3, -0.25) is 4.79 Å². The van der Waals surface area contributed by atoms with E-state index in [1.54, 1.807) is 0 Å². The molecule has 9 heteroatoms. The van der Waals surface area contributed by atoms with E-state index < -0.39 is 60.6 Å². The molecule has 0 amide bonds. The lowest BCUT2D eigenvalue weighted by Crippen LogP contribution is -2.65. The van der Waals surface area contributed by atoms with Gasteiger partial charge in [0.25, 0.3) is 0 Å². The molecule has 0 spiro atoms. The number of ether oxygens (including phenoxy) is 1. The molecule has 3 atom stereocenters. The van der Waals surface area contributed by atoms with Crippen molar-refractivity contribution in [3.63, 3.8) is 0 Å². The number of fused-ring (bicyclic) bond motifs is 1. The molecular weight excluding hydrogens is 435 g/mol. The normalized spacial score (nSPS) is 26.6. The van der Waals surface area contributed by atoms with E-state index in [0.717, 1.165) is 25.7 Å². The molecule has 31 heavy (non-hydrogen) atoms. The smallest absolute Gasteiger partial charge is 0.317 e. The van der Waals surface area contributed by atoms with Crippen LogP contribution in [0.15, 0.2) is 0 Å². The second-order valence-corrected chi connectivity index (χ2v) is 14.9. The van der Waals surface area contributed by atoms with E-state index in [0.29, 0.717) is 12.8 Å². The fourth-order valence-corrected chi connectivity index (χ4v) is 6.16. The molecule has 0 N–H and O–H groups in total. The van der Waals surface area contributed by atoms with Gasteiger partial charge in [-0.2, -0.15) is 8.78 Å². The minimum atomic E-state index is -2.33. The molecule has 1 aromatic rings. The zero-order valence-corrected chi connectivity index (χ0v) is 19.5. The van der Waals surface area contributed by atoms with E-state index >= 15 is 0 Å². The predicted octanol–water partition coefficient (Wildman–Crippen LogP) is 6.65. The van der Waals surface area contributed by atoms with Gasteiger partial charge in [-0.05, 0) is 43.3 Å². The van der Waals surface area contributed by atoms with Crippen LogP contribution in [0.2, 0.25) is 18.1 Å². The molecule has 0 radical (unpaired) electrons. The Labute approximate surface area is 180 Å². The molecular formula is C22H29F5O3Si. The molecule has 0 heterocycles.